The van der Waals surface area contributed by atoms with Crippen LogP contribution < -0.4 is 4.90 Å². The molecule has 0 atom stereocenters. The van der Waals surface area contributed by atoms with Gasteiger partial charge in [0.05, 0.1) is 12.1 Å². The zero-order chi connectivity index (χ0) is 19.6. The predicted molar refractivity (Wildman–Crippen MR) is 116 cm³/mol. The first-order valence-electron chi connectivity index (χ1n) is 10.3. The van der Waals surface area contributed by atoms with Gasteiger partial charge in [-0.2, -0.15) is 0 Å². The molecule has 0 amide bonds. The summed E-state index contributed by atoms with van der Waals surface area (Å²) < 4.78 is 2.28. The van der Waals surface area contributed by atoms with Crippen LogP contribution in [0.1, 0.15) is 35.8 Å². The van der Waals surface area contributed by atoms with Gasteiger partial charge in [0.2, 0.25) is 0 Å². The smallest absolute Gasteiger partial charge is 0.112 e. The largest absolute Gasteiger partial charge is 0.371 e. The maximum absolute atomic E-state index is 4.71. The number of rotatable bonds is 4. The molecule has 5 nitrogen and oxygen atoms in total. The highest BCUT2D eigenvalue weighted by Crippen LogP contribution is 2.33. The van der Waals surface area contributed by atoms with Crippen molar-refractivity contribution in [2.24, 2.45) is 0 Å². The first-order valence-corrected chi connectivity index (χ1v) is 10.3. The van der Waals surface area contributed by atoms with Crippen molar-refractivity contribution in [3.8, 4) is 0 Å². The van der Waals surface area contributed by atoms with E-state index in [0.29, 0.717) is 5.92 Å². The molecule has 1 saturated heterocycles. The lowest BCUT2D eigenvalue weighted by molar-refractivity contribution is 0.471. The molecular weight excluding hydrogens is 358 g/mol. The topological polar surface area (TPSA) is 46.8 Å². The number of pyridine rings is 2. The second-order valence-electron chi connectivity index (χ2n) is 7.84. The highest BCUT2D eigenvalue weighted by molar-refractivity contribution is 5.92. The zero-order valence-electron chi connectivity index (χ0n) is 16.7. The quantitative estimate of drug-likeness (QED) is 0.518. The molecule has 0 spiro atoms. The predicted octanol–water partition coefficient (Wildman–Crippen LogP) is 4.57. The first kappa shape index (κ1) is 17.9. The van der Waals surface area contributed by atoms with Crippen molar-refractivity contribution >= 4 is 16.6 Å². The SMILES string of the molecule is Cc1cc(N2CCC(c3nccn3Cc3cccnc3)CC2)c2ccccc2n1. The van der Waals surface area contributed by atoms with Gasteiger partial charge in [-0.25, -0.2) is 4.98 Å². The summed E-state index contributed by atoms with van der Waals surface area (Å²) in [5.41, 5.74) is 4.68. The molecule has 146 valence electrons. The Morgan fingerprint density at radius 2 is 1.90 bits per heavy atom. The number of imidazole rings is 1. The third-order valence-electron chi connectivity index (χ3n) is 5.85. The molecule has 1 aliphatic heterocycles. The Morgan fingerprint density at radius 3 is 2.72 bits per heavy atom. The lowest BCUT2D eigenvalue weighted by Crippen LogP contribution is -2.34. The molecule has 0 radical (unpaired) electrons. The average molecular weight is 383 g/mol. The lowest BCUT2D eigenvalue weighted by atomic mass is 9.95. The fourth-order valence-electron chi connectivity index (χ4n) is 4.43. The monoisotopic (exact) mass is 383 g/mol. The van der Waals surface area contributed by atoms with Gasteiger partial charge in [0.1, 0.15) is 5.82 Å². The fourth-order valence-corrected chi connectivity index (χ4v) is 4.43. The van der Waals surface area contributed by atoms with Gasteiger partial charge >= 0.3 is 0 Å². The van der Waals surface area contributed by atoms with Crippen LogP contribution in [-0.2, 0) is 6.54 Å². The molecule has 4 aromatic rings. The van der Waals surface area contributed by atoms with Crippen LogP contribution >= 0.6 is 0 Å². The Hall–Kier alpha value is -3.21. The number of aromatic nitrogens is 4. The Morgan fingerprint density at radius 1 is 1.03 bits per heavy atom. The number of aryl methyl sites for hydroxylation is 1. The van der Waals surface area contributed by atoms with Gasteiger partial charge in [-0.3, -0.25) is 9.97 Å². The summed E-state index contributed by atoms with van der Waals surface area (Å²) in [6.45, 7) is 4.99. The minimum atomic E-state index is 0.493. The summed E-state index contributed by atoms with van der Waals surface area (Å²) >= 11 is 0. The number of hydrogen-bond donors (Lipinski definition) is 0. The van der Waals surface area contributed by atoms with E-state index in [0.717, 1.165) is 43.7 Å². The summed E-state index contributed by atoms with van der Waals surface area (Å²) in [6.07, 6.45) is 9.99. The molecular formula is C24H25N5. The van der Waals surface area contributed by atoms with Crippen molar-refractivity contribution in [1.82, 2.24) is 19.5 Å². The summed E-state index contributed by atoms with van der Waals surface area (Å²) in [5, 5.41) is 1.25. The molecule has 5 heteroatoms. The van der Waals surface area contributed by atoms with Crippen LogP contribution in [0.3, 0.4) is 0 Å². The van der Waals surface area contributed by atoms with Crippen LogP contribution in [0.15, 0.2) is 67.3 Å². The van der Waals surface area contributed by atoms with E-state index < -0.39 is 0 Å². The van der Waals surface area contributed by atoms with Crippen LogP contribution in [0.4, 0.5) is 5.69 Å². The van der Waals surface area contributed by atoms with E-state index in [1.807, 2.05) is 24.7 Å². The molecule has 5 rings (SSSR count). The van der Waals surface area contributed by atoms with Crippen molar-refractivity contribution in [2.45, 2.75) is 32.2 Å². The first-order chi connectivity index (χ1) is 14.3. The standard InChI is InChI=1S/C24H25N5/c1-18-15-23(21-6-2-3-7-22(21)27-18)28-12-8-20(9-13-28)24-26-11-14-29(24)17-19-5-4-10-25-16-19/h2-7,10-11,14-16,20H,8-9,12-13,17H2,1H3. The molecule has 0 N–H and O–H groups in total. The number of benzene rings is 1. The molecule has 4 heterocycles. The minimum absolute atomic E-state index is 0.493. The average Bonchev–Trinajstić information content (AvgIpc) is 3.22. The summed E-state index contributed by atoms with van der Waals surface area (Å²) in [6, 6.07) is 14.8. The summed E-state index contributed by atoms with van der Waals surface area (Å²) in [4.78, 5) is 16.2. The molecule has 29 heavy (non-hydrogen) atoms. The van der Waals surface area contributed by atoms with Gasteiger partial charge in [-0.15, -0.1) is 0 Å². The number of para-hydroxylation sites is 1. The van der Waals surface area contributed by atoms with Crippen molar-refractivity contribution in [1.29, 1.82) is 0 Å². The molecule has 0 saturated carbocycles. The normalized spacial score (nSPS) is 15.1. The fraction of sp³-hybridized carbons (Fsp3) is 0.292. The van der Waals surface area contributed by atoms with Crippen molar-refractivity contribution in [3.63, 3.8) is 0 Å². The summed E-state index contributed by atoms with van der Waals surface area (Å²) in [5.74, 6) is 1.69. The van der Waals surface area contributed by atoms with Gasteiger partial charge in [0.25, 0.3) is 0 Å². The van der Waals surface area contributed by atoms with Gasteiger partial charge < -0.3 is 9.47 Å². The molecule has 0 bridgehead atoms. The number of fused-ring (bicyclic) bond motifs is 1. The molecule has 0 aliphatic carbocycles. The Labute approximate surface area is 171 Å². The molecule has 1 aromatic carbocycles. The lowest BCUT2D eigenvalue weighted by Gasteiger charge is -2.34. The van der Waals surface area contributed by atoms with E-state index in [1.165, 1.54) is 22.5 Å². The minimum Gasteiger partial charge on any atom is -0.371 e. The van der Waals surface area contributed by atoms with Crippen LogP contribution in [0, 0.1) is 6.92 Å². The van der Waals surface area contributed by atoms with E-state index in [1.54, 1.807) is 0 Å². The third-order valence-corrected chi connectivity index (χ3v) is 5.85. The zero-order valence-corrected chi connectivity index (χ0v) is 16.7. The van der Waals surface area contributed by atoms with Crippen LogP contribution in [0.25, 0.3) is 10.9 Å². The van der Waals surface area contributed by atoms with E-state index >= 15 is 0 Å². The van der Waals surface area contributed by atoms with Gasteiger partial charge in [-0.05, 0) is 43.5 Å². The third kappa shape index (κ3) is 3.60. The van der Waals surface area contributed by atoms with E-state index in [2.05, 4.69) is 64.0 Å². The van der Waals surface area contributed by atoms with Crippen LogP contribution in [0.5, 0.6) is 0 Å². The highest BCUT2D eigenvalue weighted by atomic mass is 15.1. The second kappa shape index (κ2) is 7.66. The Kier molecular flexibility index (Phi) is 4.72. The van der Waals surface area contributed by atoms with Crippen molar-refractivity contribution in [2.75, 3.05) is 18.0 Å². The van der Waals surface area contributed by atoms with Crippen molar-refractivity contribution < 1.29 is 0 Å². The summed E-state index contributed by atoms with van der Waals surface area (Å²) in [7, 11) is 0. The van der Waals surface area contributed by atoms with Crippen LogP contribution in [0.2, 0.25) is 0 Å². The van der Waals surface area contributed by atoms with Gasteiger partial charge in [0.15, 0.2) is 0 Å². The van der Waals surface area contributed by atoms with E-state index in [4.69, 9.17) is 9.97 Å². The molecule has 0 unspecified atom stereocenters. The Balaban J connectivity index is 1.34. The highest BCUT2D eigenvalue weighted by Gasteiger charge is 2.25. The van der Waals surface area contributed by atoms with E-state index in [9.17, 15) is 0 Å². The maximum atomic E-state index is 4.71. The molecule has 3 aromatic heterocycles. The Bertz CT molecular complexity index is 1110. The number of hydrogen-bond acceptors (Lipinski definition) is 4. The molecule has 1 fully saturated rings. The van der Waals surface area contributed by atoms with Crippen molar-refractivity contribution in [3.05, 3.63) is 84.3 Å². The van der Waals surface area contributed by atoms with Crippen LogP contribution in [-0.4, -0.2) is 32.6 Å². The number of nitrogens with zero attached hydrogens (tertiary/aromatic N) is 5. The second-order valence-corrected chi connectivity index (χ2v) is 7.84. The number of piperidine rings is 1. The number of anilines is 1. The van der Waals surface area contributed by atoms with Gasteiger partial charge in [0, 0.05) is 60.6 Å². The maximum Gasteiger partial charge on any atom is 0.112 e. The van der Waals surface area contributed by atoms with E-state index in [-0.39, 0.29) is 0 Å². The molecule has 1 aliphatic rings. The van der Waals surface area contributed by atoms with Gasteiger partial charge in [-0.1, -0.05) is 24.3 Å².